The normalized spacial score (nSPS) is 15.1. The fraction of sp³-hybridized carbons (Fsp3) is 0.217. The van der Waals surface area contributed by atoms with E-state index in [-0.39, 0.29) is 0 Å². The fourth-order valence-corrected chi connectivity index (χ4v) is 4.43. The molecule has 2 heterocycles. The second kappa shape index (κ2) is 6.75. The van der Waals surface area contributed by atoms with Crippen molar-refractivity contribution >= 4 is 51.0 Å². The van der Waals surface area contributed by atoms with Gasteiger partial charge in [-0.25, -0.2) is 0 Å². The topological polar surface area (TPSA) is 55.1 Å². The Bertz CT molecular complexity index is 1270. The molecule has 1 saturated carbocycles. The molecule has 4 nitrogen and oxygen atoms in total. The molecule has 0 atom stereocenters. The molecule has 4 aromatic rings. The standard InChI is InChI=1S/C23H18Cl2N2O2/c24-15-5-6-19(25)14(9-15)13-27-20-4-2-1-3-17(20)18-10-16(26-12-21(18)27)11-23(7-8-23)22(28)29/h1-6,9-10,12H,7-8,11,13H2,(H,28,29). The summed E-state index contributed by atoms with van der Waals surface area (Å²) in [5.74, 6) is -0.725. The Labute approximate surface area is 177 Å². The van der Waals surface area contributed by atoms with Crippen molar-refractivity contribution in [2.24, 2.45) is 5.41 Å². The van der Waals surface area contributed by atoms with Crippen LogP contribution in [-0.4, -0.2) is 20.6 Å². The van der Waals surface area contributed by atoms with Crippen LogP contribution in [0.2, 0.25) is 10.0 Å². The number of pyridine rings is 1. The number of para-hydroxylation sites is 1. The largest absolute Gasteiger partial charge is 0.481 e. The minimum Gasteiger partial charge on any atom is -0.481 e. The van der Waals surface area contributed by atoms with Crippen LogP contribution in [0.25, 0.3) is 21.8 Å². The van der Waals surface area contributed by atoms with Crippen molar-refractivity contribution in [3.63, 3.8) is 0 Å². The Morgan fingerprint density at radius 1 is 1.07 bits per heavy atom. The van der Waals surface area contributed by atoms with Gasteiger partial charge in [-0.05, 0) is 48.7 Å². The predicted molar refractivity (Wildman–Crippen MR) is 116 cm³/mol. The number of carbonyl (C=O) groups is 1. The highest BCUT2D eigenvalue weighted by Crippen LogP contribution is 2.48. The van der Waals surface area contributed by atoms with Crippen LogP contribution in [-0.2, 0) is 17.8 Å². The van der Waals surface area contributed by atoms with Gasteiger partial charge in [0, 0.05) is 45.0 Å². The molecule has 2 aromatic carbocycles. The lowest BCUT2D eigenvalue weighted by atomic mass is 9.99. The first-order valence-electron chi connectivity index (χ1n) is 9.50. The van der Waals surface area contributed by atoms with Gasteiger partial charge in [0.25, 0.3) is 0 Å². The van der Waals surface area contributed by atoms with E-state index in [1.165, 1.54) is 0 Å². The van der Waals surface area contributed by atoms with Crippen LogP contribution >= 0.6 is 23.2 Å². The molecule has 1 N–H and O–H groups in total. The van der Waals surface area contributed by atoms with Crippen molar-refractivity contribution in [2.45, 2.75) is 25.8 Å². The molecule has 5 rings (SSSR count). The van der Waals surface area contributed by atoms with Crippen LogP contribution in [0.3, 0.4) is 0 Å². The van der Waals surface area contributed by atoms with Crippen LogP contribution in [0.1, 0.15) is 24.1 Å². The highest BCUT2D eigenvalue weighted by Gasteiger charge is 2.50. The van der Waals surface area contributed by atoms with Gasteiger partial charge >= 0.3 is 5.97 Å². The van der Waals surface area contributed by atoms with E-state index < -0.39 is 11.4 Å². The van der Waals surface area contributed by atoms with Gasteiger partial charge in [0.2, 0.25) is 0 Å². The second-order valence-corrected chi connectivity index (χ2v) is 8.64. The van der Waals surface area contributed by atoms with Gasteiger partial charge in [0.05, 0.1) is 17.1 Å². The van der Waals surface area contributed by atoms with E-state index >= 15 is 0 Å². The van der Waals surface area contributed by atoms with Gasteiger partial charge in [0.1, 0.15) is 0 Å². The average Bonchev–Trinajstić information content (AvgIpc) is 3.43. The lowest BCUT2D eigenvalue weighted by Crippen LogP contribution is -2.18. The smallest absolute Gasteiger partial charge is 0.310 e. The zero-order chi connectivity index (χ0) is 20.2. The van der Waals surface area contributed by atoms with Crippen LogP contribution in [0.15, 0.2) is 54.7 Å². The minimum absolute atomic E-state index is 0.470. The minimum atomic E-state index is -0.725. The summed E-state index contributed by atoms with van der Waals surface area (Å²) in [6.45, 7) is 0.573. The maximum atomic E-state index is 11.6. The highest BCUT2D eigenvalue weighted by molar-refractivity contribution is 6.33. The summed E-state index contributed by atoms with van der Waals surface area (Å²) >= 11 is 12.6. The van der Waals surface area contributed by atoms with E-state index in [9.17, 15) is 9.90 Å². The van der Waals surface area contributed by atoms with Gasteiger partial charge in [-0.15, -0.1) is 0 Å². The van der Waals surface area contributed by atoms with Crippen molar-refractivity contribution in [3.05, 3.63) is 76.0 Å². The first-order valence-corrected chi connectivity index (χ1v) is 10.3. The molecule has 29 heavy (non-hydrogen) atoms. The lowest BCUT2D eigenvalue weighted by Gasteiger charge is -2.11. The number of nitrogens with zero attached hydrogens (tertiary/aromatic N) is 2. The predicted octanol–water partition coefficient (Wildman–Crippen LogP) is 5.95. The Morgan fingerprint density at radius 2 is 1.86 bits per heavy atom. The van der Waals surface area contributed by atoms with Crippen molar-refractivity contribution < 1.29 is 9.90 Å². The number of fused-ring (bicyclic) bond motifs is 3. The Morgan fingerprint density at radius 3 is 2.62 bits per heavy atom. The summed E-state index contributed by atoms with van der Waals surface area (Å²) in [6.07, 6.45) is 3.76. The summed E-state index contributed by atoms with van der Waals surface area (Å²) in [4.78, 5) is 16.2. The molecule has 6 heteroatoms. The number of carboxylic acids is 1. The molecule has 146 valence electrons. The molecular formula is C23H18Cl2N2O2. The number of aromatic nitrogens is 2. The number of hydrogen-bond donors (Lipinski definition) is 1. The molecule has 1 aliphatic rings. The van der Waals surface area contributed by atoms with Crippen molar-refractivity contribution in [1.82, 2.24) is 9.55 Å². The van der Waals surface area contributed by atoms with E-state index in [0.717, 1.165) is 45.9 Å². The zero-order valence-corrected chi connectivity index (χ0v) is 17.0. The number of aliphatic carboxylic acids is 1. The summed E-state index contributed by atoms with van der Waals surface area (Å²) in [5, 5.41) is 13.0. The highest BCUT2D eigenvalue weighted by atomic mass is 35.5. The molecule has 0 spiro atoms. The molecule has 2 aromatic heterocycles. The lowest BCUT2D eigenvalue weighted by molar-refractivity contribution is -0.143. The van der Waals surface area contributed by atoms with Gasteiger partial charge in [-0.3, -0.25) is 9.78 Å². The van der Waals surface area contributed by atoms with E-state index in [1.807, 2.05) is 36.5 Å². The van der Waals surface area contributed by atoms with Crippen LogP contribution in [0.4, 0.5) is 0 Å². The Hall–Kier alpha value is -2.56. The molecule has 1 fully saturated rings. The monoisotopic (exact) mass is 424 g/mol. The zero-order valence-electron chi connectivity index (χ0n) is 15.5. The molecular weight excluding hydrogens is 407 g/mol. The van der Waals surface area contributed by atoms with E-state index in [2.05, 4.69) is 21.7 Å². The number of hydrogen-bond acceptors (Lipinski definition) is 2. The van der Waals surface area contributed by atoms with Gasteiger partial charge in [-0.2, -0.15) is 0 Å². The summed E-state index contributed by atoms with van der Waals surface area (Å²) < 4.78 is 2.18. The SMILES string of the molecule is O=C(O)C1(Cc2cc3c4ccccc4n(Cc4cc(Cl)ccc4Cl)c3cn2)CC1. The van der Waals surface area contributed by atoms with Crippen LogP contribution in [0.5, 0.6) is 0 Å². The second-order valence-electron chi connectivity index (χ2n) is 7.79. The number of rotatable bonds is 5. The van der Waals surface area contributed by atoms with Crippen molar-refractivity contribution in [3.8, 4) is 0 Å². The maximum absolute atomic E-state index is 11.6. The molecule has 0 bridgehead atoms. The molecule has 0 unspecified atom stereocenters. The molecule has 0 aliphatic heterocycles. The Kier molecular flexibility index (Phi) is 4.30. The maximum Gasteiger partial charge on any atom is 0.310 e. The third kappa shape index (κ3) is 3.17. The quantitative estimate of drug-likeness (QED) is 0.430. The first kappa shape index (κ1) is 18.5. The summed E-state index contributed by atoms with van der Waals surface area (Å²) in [6, 6.07) is 15.7. The molecule has 1 aliphatic carbocycles. The summed E-state index contributed by atoms with van der Waals surface area (Å²) in [7, 11) is 0. The van der Waals surface area contributed by atoms with Crippen LogP contribution in [0, 0.1) is 5.41 Å². The number of benzene rings is 2. The third-order valence-corrected chi connectivity index (χ3v) is 6.48. The van der Waals surface area contributed by atoms with Crippen molar-refractivity contribution in [2.75, 3.05) is 0 Å². The fourth-order valence-electron chi connectivity index (χ4n) is 4.05. The van der Waals surface area contributed by atoms with E-state index in [4.69, 9.17) is 23.2 Å². The summed E-state index contributed by atoms with van der Waals surface area (Å²) in [5.41, 5.74) is 3.20. The van der Waals surface area contributed by atoms with Gasteiger partial charge in [0.15, 0.2) is 0 Å². The van der Waals surface area contributed by atoms with E-state index in [1.54, 1.807) is 6.07 Å². The average molecular weight is 425 g/mol. The molecule has 0 radical (unpaired) electrons. The van der Waals surface area contributed by atoms with E-state index in [0.29, 0.717) is 23.0 Å². The van der Waals surface area contributed by atoms with Crippen LogP contribution < -0.4 is 0 Å². The van der Waals surface area contributed by atoms with Crippen molar-refractivity contribution in [1.29, 1.82) is 0 Å². The number of carboxylic acid groups (broad SMARTS) is 1. The Balaban J connectivity index is 1.64. The number of halogens is 2. The first-order chi connectivity index (χ1) is 14.0. The molecule has 0 amide bonds. The third-order valence-electron chi connectivity index (χ3n) is 5.88. The molecule has 0 saturated heterocycles. The van der Waals surface area contributed by atoms with Gasteiger partial charge < -0.3 is 9.67 Å². The van der Waals surface area contributed by atoms with Gasteiger partial charge in [-0.1, -0.05) is 41.4 Å².